The van der Waals surface area contributed by atoms with Crippen molar-refractivity contribution >= 4 is 50.8 Å². The lowest BCUT2D eigenvalue weighted by Gasteiger charge is -2.18. The number of carbonyl (C=O) groups excluding carboxylic acids is 2. The van der Waals surface area contributed by atoms with E-state index < -0.39 is 12.1 Å². The van der Waals surface area contributed by atoms with Crippen LogP contribution in [-0.4, -0.2) is 16.9 Å². The smallest absolute Gasteiger partial charge is 0.312 e. The van der Waals surface area contributed by atoms with Crippen LogP contribution in [0.4, 0.5) is 10.5 Å². The number of halogens is 1. The fourth-order valence-corrected chi connectivity index (χ4v) is 4.52. The van der Waals surface area contributed by atoms with Crippen molar-refractivity contribution in [2.75, 3.05) is 5.32 Å². The monoisotopic (exact) mass is 464 g/mol. The third-order valence-electron chi connectivity index (χ3n) is 4.91. The molecule has 6 nitrogen and oxygen atoms in total. The predicted octanol–water partition coefficient (Wildman–Crippen LogP) is 5.28. The first kappa shape index (κ1) is 21.8. The first-order valence-corrected chi connectivity index (χ1v) is 11.2. The number of amides is 3. The number of urea groups is 1. The molecule has 0 saturated carbocycles. The van der Waals surface area contributed by atoms with Crippen LogP contribution in [-0.2, 0) is 11.2 Å². The van der Waals surface area contributed by atoms with E-state index >= 15 is 0 Å². The summed E-state index contributed by atoms with van der Waals surface area (Å²) in [6, 6.07) is 21.4. The number of fused-ring (bicyclic) bond motifs is 1. The molecule has 4 rings (SSSR count). The van der Waals surface area contributed by atoms with Gasteiger partial charge in [-0.1, -0.05) is 48.0 Å². The maximum atomic E-state index is 12.6. The fourth-order valence-electron chi connectivity index (χ4n) is 3.39. The molecule has 3 amide bonds. The summed E-state index contributed by atoms with van der Waals surface area (Å²) in [4.78, 5) is 28.6. The highest BCUT2D eigenvalue weighted by molar-refractivity contribution is 7.18. The summed E-state index contributed by atoms with van der Waals surface area (Å²) in [6.45, 7) is 0. The van der Waals surface area contributed by atoms with Crippen LogP contribution >= 0.6 is 22.9 Å². The number of nitrogens with zero attached hydrogens (tertiary/aromatic N) is 1. The van der Waals surface area contributed by atoms with Gasteiger partial charge < -0.3 is 16.4 Å². The molecule has 1 heterocycles. The normalized spacial score (nSPS) is 11.8. The van der Waals surface area contributed by atoms with Crippen LogP contribution in [0.5, 0.6) is 0 Å². The summed E-state index contributed by atoms with van der Waals surface area (Å²) in [7, 11) is 0. The molecule has 4 N–H and O–H groups in total. The Labute approximate surface area is 194 Å². The van der Waals surface area contributed by atoms with Gasteiger partial charge in [-0.05, 0) is 47.5 Å². The molecule has 1 atom stereocenters. The number of primary amides is 1. The van der Waals surface area contributed by atoms with Crippen LogP contribution in [0.1, 0.15) is 28.6 Å². The molecule has 0 fully saturated rings. The molecule has 162 valence electrons. The van der Waals surface area contributed by atoms with Gasteiger partial charge in [0, 0.05) is 17.1 Å². The number of para-hydroxylation sites is 1. The molecule has 0 unspecified atom stereocenters. The van der Waals surface area contributed by atoms with Crippen molar-refractivity contribution in [3.8, 4) is 0 Å². The predicted molar refractivity (Wildman–Crippen MR) is 129 cm³/mol. The first-order valence-electron chi connectivity index (χ1n) is 10.0. The number of thiazole rings is 1. The standard InChI is InChI=1S/C24H21ClN4O2S/c25-17-9-7-16(8-10-17)20(29-24(26)31)14-22(30)27-18-11-5-15(6-12-18)13-23-28-19-3-1-2-4-21(19)32-23/h1-12,20H,13-14H2,(H,27,30)(H3,26,29,31)/t20-/m0/s1. The molecule has 0 radical (unpaired) electrons. The Hall–Kier alpha value is -3.42. The molecule has 8 heteroatoms. The summed E-state index contributed by atoms with van der Waals surface area (Å²) in [5, 5.41) is 7.10. The van der Waals surface area contributed by atoms with Crippen LogP contribution in [0.15, 0.2) is 72.8 Å². The van der Waals surface area contributed by atoms with Crippen LogP contribution in [0, 0.1) is 0 Å². The lowest BCUT2D eigenvalue weighted by Crippen LogP contribution is -2.35. The van der Waals surface area contributed by atoms with E-state index in [1.807, 2.05) is 42.5 Å². The number of anilines is 1. The lowest BCUT2D eigenvalue weighted by atomic mass is 10.0. The highest BCUT2D eigenvalue weighted by Gasteiger charge is 2.18. The van der Waals surface area contributed by atoms with Crippen LogP contribution in [0.2, 0.25) is 5.02 Å². The number of hydrogen-bond donors (Lipinski definition) is 3. The summed E-state index contributed by atoms with van der Waals surface area (Å²) in [5.41, 5.74) is 8.82. The summed E-state index contributed by atoms with van der Waals surface area (Å²) < 4.78 is 1.17. The molecule has 0 saturated heterocycles. The maximum Gasteiger partial charge on any atom is 0.312 e. The maximum absolute atomic E-state index is 12.6. The van der Waals surface area contributed by atoms with Crippen molar-refractivity contribution in [2.45, 2.75) is 18.9 Å². The zero-order chi connectivity index (χ0) is 22.5. The number of nitrogens with one attached hydrogen (secondary N) is 2. The van der Waals surface area contributed by atoms with Crippen molar-refractivity contribution in [3.05, 3.63) is 94.0 Å². The molecule has 0 bridgehead atoms. The van der Waals surface area contributed by atoms with Crippen molar-refractivity contribution < 1.29 is 9.59 Å². The largest absolute Gasteiger partial charge is 0.352 e. The third kappa shape index (κ3) is 5.63. The van der Waals surface area contributed by atoms with Gasteiger partial charge in [0.15, 0.2) is 0 Å². The topological polar surface area (TPSA) is 97.1 Å². The van der Waals surface area contributed by atoms with Gasteiger partial charge in [0.2, 0.25) is 5.91 Å². The van der Waals surface area contributed by atoms with Gasteiger partial charge in [-0.3, -0.25) is 4.79 Å². The minimum Gasteiger partial charge on any atom is -0.352 e. The number of benzene rings is 3. The second-order valence-electron chi connectivity index (χ2n) is 7.31. The first-order chi connectivity index (χ1) is 15.5. The Morgan fingerprint density at radius 2 is 1.72 bits per heavy atom. The molecule has 32 heavy (non-hydrogen) atoms. The molecule has 0 aliphatic heterocycles. The molecular weight excluding hydrogens is 444 g/mol. The number of rotatable bonds is 7. The Kier molecular flexibility index (Phi) is 6.68. The zero-order valence-electron chi connectivity index (χ0n) is 17.0. The second kappa shape index (κ2) is 9.80. The van der Waals surface area contributed by atoms with Gasteiger partial charge in [0.05, 0.1) is 27.7 Å². The van der Waals surface area contributed by atoms with E-state index in [0.29, 0.717) is 10.7 Å². The van der Waals surface area contributed by atoms with Crippen LogP contribution in [0.3, 0.4) is 0 Å². The van der Waals surface area contributed by atoms with E-state index in [4.69, 9.17) is 17.3 Å². The third-order valence-corrected chi connectivity index (χ3v) is 6.20. The van der Waals surface area contributed by atoms with Gasteiger partial charge in [0.1, 0.15) is 0 Å². The van der Waals surface area contributed by atoms with E-state index in [0.717, 1.165) is 28.1 Å². The molecule has 0 aliphatic rings. The molecule has 1 aromatic heterocycles. The van der Waals surface area contributed by atoms with Crippen LogP contribution in [0.25, 0.3) is 10.2 Å². The quantitative estimate of drug-likeness (QED) is 0.347. The Balaban J connectivity index is 1.38. The minimum absolute atomic E-state index is 0.0397. The molecule has 4 aromatic rings. The molecule has 0 spiro atoms. The highest BCUT2D eigenvalue weighted by Crippen LogP contribution is 2.24. The zero-order valence-corrected chi connectivity index (χ0v) is 18.6. The van der Waals surface area contributed by atoms with Crippen molar-refractivity contribution in [3.63, 3.8) is 0 Å². The summed E-state index contributed by atoms with van der Waals surface area (Å²) in [5.74, 6) is -0.238. The fraction of sp³-hybridized carbons (Fsp3) is 0.125. The average molecular weight is 465 g/mol. The van der Waals surface area contributed by atoms with Crippen molar-refractivity contribution in [2.24, 2.45) is 5.73 Å². The number of nitrogens with two attached hydrogens (primary N) is 1. The Morgan fingerprint density at radius 1 is 1.00 bits per heavy atom. The SMILES string of the molecule is NC(=O)N[C@@H](CC(=O)Nc1ccc(Cc2nc3ccccc3s2)cc1)c1ccc(Cl)cc1. The number of hydrogen-bond acceptors (Lipinski definition) is 4. The number of aromatic nitrogens is 1. The van der Waals surface area contributed by atoms with Gasteiger partial charge >= 0.3 is 6.03 Å². The minimum atomic E-state index is -0.697. The van der Waals surface area contributed by atoms with E-state index in [2.05, 4.69) is 21.7 Å². The van der Waals surface area contributed by atoms with Crippen molar-refractivity contribution in [1.29, 1.82) is 0 Å². The van der Waals surface area contributed by atoms with E-state index in [-0.39, 0.29) is 12.3 Å². The Morgan fingerprint density at radius 3 is 2.41 bits per heavy atom. The van der Waals surface area contributed by atoms with E-state index in [1.54, 1.807) is 35.6 Å². The Bertz CT molecular complexity index is 1210. The van der Waals surface area contributed by atoms with Gasteiger partial charge in [0.25, 0.3) is 0 Å². The van der Waals surface area contributed by atoms with Gasteiger partial charge in [-0.2, -0.15) is 0 Å². The molecular formula is C24H21ClN4O2S. The highest BCUT2D eigenvalue weighted by atomic mass is 35.5. The van der Waals surface area contributed by atoms with Crippen molar-refractivity contribution in [1.82, 2.24) is 10.3 Å². The van der Waals surface area contributed by atoms with Gasteiger partial charge in [-0.25, -0.2) is 9.78 Å². The number of carbonyl (C=O) groups is 2. The lowest BCUT2D eigenvalue weighted by molar-refractivity contribution is -0.116. The molecule has 3 aromatic carbocycles. The average Bonchev–Trinajstić information content (AvgIpc) is 3.17. The summed E-state index contributed by atoms with van der Waals surface area (Å²) in [6.07, 6.45) is 0.771. The van der Waals surface area contributed by atoms with Crippen LogP contribution < -0.4 is 16.4 Å². The van der Waals surface area contributed by atoms with E-state index in [9.17, 15) is 9.59 Å². The van der Waals surface area contributed by atoms with Gasteiger partial charge in [-0.15, -0.1) is 11.3 Å². The second-order valence-corrected chi connectivity index (χ2v) is 8.87. The molecule has 0 aliphatic carbocycles. The summed E-state index contributed by atoms with van der Waals surface area (Å²) >= 11 is 7.61. The van der Waals surface area contributed by atoms with E-state index in [1.165, 1.54) is 4.70 Å².